The first-order valence-corrected chi connectivity index (χ1v) is 8.37. The summed E-state index contributed by atoms with van der Waals surface area (Å²) in [6, 6.07) is 5.21. The van der Waals surface area contributed by atoms with Gasteiger partial charge in [-0.1, -0.05) is 6.07 Å². The minimum atomic E-state index is -0.381. The summed E-state index contributed by atoms with van der Waals surface area (Å²) in [6.45, 7) is 1.34. The molecule has 0 atom stereocenters. The molecule has 2 rings (SSSR count). The largest absolute Gasteiger partial charge is 0.426 e. The average molecular weight is 372 g/mol. The van der Waals surface area contributed by atoms with E-state index in [1.54, 1.807) is 24.3 Å². The van der Waals surface area contributed by atoms with E-state index in [1.165, 1.54) is 18.7 Å². The van der Waals surface area contributed by atoms with Gasteiger partial charge in [0.1, 0.15) is 15.8 Å². The van der Waals surface area contributed by atoms with Crippen molar-refractivity contribution < 1.29 is 14.3 Å². The van der Waals surface area contributed by atoms with Gasteiger partial charge in [0.25, 0.3) is 0 Å². The van der Waals surface area contributed by atoms with Gasteiger partial charge in [0.15, 0.2) is 0 Å². The molecule has 4 nitrogen and oxygen atoms in total. The summed E-state index contributed by atoms with van der Waals surface area (Å²) >= 11 is 5.91. The molecule has 1 aliphatic rings. The van der Waals surface area contributed by atoms with E-state index in [-0.39, 0.29) is 11.1 Å². The standard InChI is InChI=1S/C13H10BrNO3S2/c1-7(16)18-11-4-3-8(5-9(11)14)6-10-12(17)20-13(15-10)19-2/h3-6H,1-2H3/b10-6+. The quantitative estimate of drug-likeness (QED) is 0.450. The van der Waals surface area contributed by atoms with Crippen LogP contribution in [0.25, 0.3) is 6.08 Å². The first-order chi connectivity index (χ1) is 9.49. The Morgan fingerprint density at radius 1 is 1.50 bits per heavy atom. The number of rotatable bonds is 2. The molecule has 0 N–H and O–H groups in total. The second-order valence-electron chi connectivity index (χ2n) is 3.78. The Hall–Kier alpha value is -1.05. The number of benzene rings is 1. The van der Waals surface area contributed by atoms with E-state index in [0.29, 0.717) is 15.9 Å². The van der Waals surface area contributed by atoms with Gasteiger partial charge in [-0.05, 0) is 57.7 Å². The molecule has 1 aliphatic heterocycles. The SMILES string of the molecule is CSC1=N/C(=C/c2ccc(OC(C)=O)c(Br)c2)C(=O)S1. The number of carbonyl (C=O) groups excluding carboxylic acids is 2. The van der Waals surface area contributed by atoms with E-state index in [4.69, 9.17) is 4.74 Å². The third kappa shape index (κ3) is 3.74. The van der Waals surface area contributed by atoms with Crippen molar-refractivity contribution in [3.8, 4) is 5.75 Å². The summed E-state index contributed by atoms with van der Waals surface area (Å²) in [7, 11) is 0. The van der Waals surface area contributed by atoms with Crippen LogP contribution in [0, 0.1) is 0 Å². The molecule has 0 aromatic heterocycles. The number of thioether (sulfide) groups is 2. The highest BCUT2D eigenvalue weighted by molar-refractivity contribution is 9.10. The Balaban J connectivity index is 2.27. The highest BCUT2D eigenvalue weighted by Crippen LogP contribution is 2.31. The number of hydrogen-bond donors (Lipinski definition) is 0. The van der Waals surface area contributed by atoms with Gasteiger partial charge in [-0.3, -0.25) is 9.59 Å². The molecule has 0 radical (unpaired) electrons. The lowest BCUT2D eigenvalue weighted by Crippen LogP contribution is -2.01. The third-order valence-electron chi connectivity index (χ3n) is 2.29. The van der Waals surface area contributed by atoms with Gasteiger partial charge in [0, 0.05) is 6.92 Å². The normalized spacial score (nSPS) is 16.4. The van der Waals surface area contributed by atoms with E-state index in [9.17, 15) is 9.59 Å². The van der Waals surface area contributed by atoms with Crippen LogP contribution in [0.1, 0.15) is 12.5 Å². The maximum Gasteiger partial charge on any atom is 0.308 e. The fourth-order valence-electron chi connectivity index (χ4n) is 1.48. The summed E-state index contributed by atoms with van der Waals surface area (Å²) in [5.41, 5.74) is 1.23. The Morgan fingerprint density at radius 2 is 2.25 bits per heavy atom. The summed E-state index contributed by atoms with van der Waals surface area (Å²) in [5, 5.41) is -0.0606. The second-order valence-corrected chi connectivity index (χ2v) is 6.65. The van der Waals surface area contributed by atoms with E-state index in [1.807, 2.05) is 6.26 Å². The van der Waals surface area contributed by atoms with Crippen molar-refractivity contribution in [3.05, 3.63) is 33.9 Å². The van der Waals surface area contributed by atoms with Crippen LogP contribution in [0.5, 0.6) is 5.75 Å². The van der Waals surface area contributed by atoms with Gasteiger partial charge in [-0.25, -0.2) is 4.99 Å². The maximum atomic E-state index is 11.7. The lowest BCUT2D eigenvalue weighted by Gasteiger charge is -2.04. The van der Waals surface area contributed by atoms with Gasteiger partial charge < -0.3 is 4.74 Å². The Kier molecular flexibility index (Phi) is 5.06. The second kappa shape index (κ2) is 6.60. The smallest absolute Gasteiger partial charge is 0.308 e. The minimum absolute atomic E-state index is 0.0606. The Morgan fingerprint density at radius 3 is 2.80 bits per heavy atom. The zero-order valence-corrected chi connectivity index (χ0v) is 13.9. The molecule has 1 heterocycles. The molecule has 0 spiro atoms. The van der Waals surface area contributed by atoms with Gasteiger partial charge >= 0.3 is 5.97 Å². The van der Waals surface area contributed by atoms with Gasteiger partial charge in [-0.2, -0.15) is 0 Å². The highest BCUT2D eigenvalue weighted by Gasteiger charge is 2.21. The first kappa shape index (κ1) is 15.3. The van der Waals surface area contributed by atoms with Crippen LogP contribution in [0.15, 0.2) is 33.4 Å². The Labute approximate surface area is 133 Å². The first-order valence-electron chi connectivity index (χ1n) is 5.54. The zero-order chi connectivity index (χ0) is 14.7. The monoisotopic (exact) mass is 371 g/mol. The molecule has 1 aromatic carbocycles. The molecular formula is C13H10BrNO3S2. The fourth-order valence-corrected chi connectivity index (χ4v) is 3.22. The molecule has 20 heavy (non-hydrogen) atoms. The number of ether oxygens (including phenoxy) is 1. The van der Waals surface area contributed by atoms with Crippen LogP contribution in [0.3, 0.4) is 0 Å². The number of esters is 1. The molecule has 0 saturated carbocycles. The van der Waals surface area contributed by atoms with Crippen LogP contribution in [0.2, 0.25) is 0 Å². The van der Waals surface area contributed by atoms with E-state index < -0.39 is 0 Å². The van der Waals surface area contributed by atoms with Crippen LogP contribution in [-0.2, 0) is 9.59 Å². The zero-order valence-electron chi connectivity index (χ0n) is 10.7. The molecule has 0 saturated heterocycles. The predicted molar refractivity (Wildman–Crippen MR) is 87.0 cm³/mol. The lowest BCUT2D eigenvalue weighted by atomic mass is 10.2. The number of hydrogen-bond acceptors (Lipinski definition) is 6. The molecule has 0 fully saturated rings. The molecule has 0 amide bonds. The van der Waals surface area contributed by atoms with E-state index in [2.05, 4.69) is 20.9 Å². The molecular weight excluding hydrogens is 362 g/mol. The lowest BCUT2D eigenvalue weighted by molar-refractivity contribution is -0.131. The third-order valence-corrected chi connectivity index (χ3v) is 4.76. The topological polar surface area (TPSA) is 55.7 Å². The van der Waals surface area contributed by atoms with Crippen molar-refractivity contribution >= 4 is 61.0 Å². The van der Waals surface area contributed by atoms with Crippen molar-refractivity contribution in [2.24, 2.45) is 4.99 Å². The minimum Gasteiger partial charge on any atom is -0.426 e. The average Bonchev–Trinajstić information content (AvgIpc) is 2.73. The van der Waals surface area contributed by atoms with E-state index in [0.717, 1.165) is 21.7 Å². The molecule has 7 heteroatoms. The summed E-state index contributed by atoms with van der Waals surface area (Å²) < 4.78 is 6.41. The Bertz CT molecular complexity index is 641. The van der Waals surface area contributed by atoms with Crippen molar-refractivity contribution in [2.45, 2.75) is 6.92 Å². The van der Waals surface area contributed by atoms with Crippen molar-refractivity contribution in [1.29, 1.82) is 0 Å². The maximum absolute atomic E-state index is 11.7. The number of aliphatic imine (C=N–C) groups is 1. The van der Waals surface area contributed by atoms with Gasteiger partial charge in [0.05, 0.1) is 4.47 Å². The van der Waals surface area contributed by atoms with Crippen LogP contribution < -0.4 is 4.74 Å². The van der Waals surface area contributed by atoms with Crippen LogP contribution in [0.4, 0.5) is 0 Å². The molecule has 0 unspecified atom stereocenters. The number of halogens is 1. The van der Waals surface area contributed by atoms with E-state index >= 15 is 0 Å². The van der Waals surface area contributed by atoms with Gasteiger partial charge in [0.2, 0.25) is 5.12 Å². The fraction of sp³-hybridized carbons (Fsp3) is 0.154. The van der Waals surface area contributed by atoms with Gasteiger partial charge in [-0.15, -0.1) is 11.8 Å². The summed E-state index contributed by atoms with van der Waals surface area (Å²) in [6.07, 6.45) is 3.59. The van der Waals surface area contributed by atoms with Crippen LogP contribution >= 0.6 is 39.5 Å². The highest BCUT2D eigenvalue weighted by atomic mass is 79.9. The number of nitrogens with zero attached hydrogens (tertiary/aromatic N) is 1. The summed E-state index contributed by atoms with van der Waals surface area (Å²) in [4.78, 5) is 26.9. The molecule has 104 valence electrons. The van der Waals surface area contributed by atoms with Crippen LogP contribution in [-0.4, -0.2) is 21.7 Å². The summed E-state index contributed by atoms with van der Waals surface area (Å²) in [5.74, 6) is 0.0634. The predicted octanol–water partition coefficient (Wildman–Crippen LogP) is 3.71. The van der Waals surface area contributed by atoms with Crippen molar-refractivity contribution in [2.75, 3.05) is 6.26 Å². The van der Waals surface area contributed by atoms with Crippen molar-refractivity contribution in [3.63, 3.8) is 0 Å². The molecule has 0 aliphatic carbocycles. The molecule has 1 aromatic rings. The number of carbonyl (C=O) groups is 2. The molecule has 0 bridgehead atoms. The van der Waals surface area contributed by atoms with Crippen molar-refractivity contribution in [1.82, 2.24) is 0 Å².